The van der Waals surface area contributed by atoms with E-state index in [4.69, 9.17) is 4.74 Å². The van der Waals surface area contributed by atoms with Gasteiger partial charge in [-0.25, -0.2) is 14.6 Å². The van der Waals surface area contributed by atoms with Crippen LogP contribution in [0.2, 0.25) is 0 Å². The molecule has 1 aliphatic heterocycles. The summed E-state index contributed by atoms with van der Waals surface area (Å²) in [6.07, 6.45) is 5.15. The summed E-state index contributed by atoms with van der Waals surface area (Å²) in [7, 11) is 0. The van der Waals surface area contributed by atoms with Crippen LogP contribution in [0.25, 0.3) is 22.0 Å². The summed E-state index contributed by atoms with van der Waals surface area (Å²) in [6, 6.07) is 13.2. The number of rotatable bonds is 5. The van der Waals surface area contributed by atoms with E-state index in [9.17, 15) is 8.78 Å². The van der Waals surface area contributed by atoms with Gasteiger partial charge in [-0.15, -0.1) is 0 Å². The van der Waals surface area contributed by atoms with Crippen LogP contribution in [0.1, 0.15) is 20.4 Å². The van der Waals surface area contributed by atoms with E-state index in [0.717, 1.165) is 35.7 Å². The quantitative estimate of drug-likeness (QED) is 0.448. The lowest BCUT2D eigenvalue weighted by Gasteiger charge is -2.36. The van der Waals surface area contributed by atoms with Gasteiger partial charge in [-0.3, -0.25) is 0 Å². The summed E-state index contributed by atoms with van der Waals surface area (Å²) in [5.74, 6) is 1.57. The lowest BCUT2D eigenvalue weighted by atomic mass is 10.1. The van der Waals surface area contributed by atoms with Crippen molar-refractivity contribution in [1.29, 1.82) is 0 Å². The molecule has 0 amide bonds. The minimum atomic E-state index is -2.66. The van der Waals surface area contributed by atoms with Gasteiger partial charge in [0.05, 0.1) is 17.7 Å². The van der Waals surface area contributed by atoms with Gasteiger partial charge in [0, 0.05) is 48.8 Å². The number of pyridine rings is 2. The van der Waals surface area contributed by atoms with Gasteiger partial charge in [0.1, 0.15) is 11.6 Å². The number of ether oxygens (including phenoxy) is 1. The second-order valence-electron chi connectivity index (χ2n) is 8.28. The Morgan fingerprint density at radius 1 is 0.970 bits per heavy atom. The topological polar surface area (TPSA) is 68.1 Å². The second kappa shape index (κ2) is 8.74. The molecule has 4 heterocycles. The van der Waals surface area contributed by atoms with E-state index in [1.165, 1.54) is 6.20 Å². The van der Waals surface area contributed by atoms with Crippen LogP contribution in [-0.2, 0) is 4.74 Å². The third-order valence-corrected chi connectivity index (χ3v) is 5.58. The predicted octanol–water partition coefficient (Wildman–Crippen LogP) is 5.25. The van der Waals surface area contributed by atoms with Gasteiger partial charge in [-0.1, -0.05) is 6.07 Å². The van der Waals surface area contributed by atoms with Crippen molar-refractivity contribution in [3.63, 3.8) is 0 Å². The molecule has 7 nitrogen and oxygen atoms in total. The maximum absolute atomic E-state index is 12.9. The number of halogens is 2. The van der Waals surface area contributed by atoms with Crippen LogP contribution < -0.4 is 10.2 Å². The molecule has 5 rings (SSSR count). The number of morpholine rings is 1. The Balaban J connectivity index is 1.37. The van der Waals surface area contributed by atoms with Crippen LogP contribution in [0.3, 0.4) is 0 Å². The molecule has 0 spiro atoms. The van der Waals surface area contributed by atoms with Crippen molar-refractivity contribution in [1.82, 2.24) is 19.7 Å². The van der Waals surface area contributed by atoms with Gasteiger partial charge in [-0.2, -0.15) is 13.9 Å². The molecular formula is C24H24F2N6O. The first kappa shape index (κ1) is 21.3. The van der Waals surface area contributed by atoms with E-state index in [0.29, 0.717) is 21.4 Å². The molecule has 0 saturated carbocycles. The molecule has 4 aromatic rings. The Kier molecular flexibility index (Phi) is 5.63. The smallest absolute Gasteiger partial charge is 0.333 e. The molecule has 170 valence electrons. The number of alkyl halides is 2. The fraction of sp³-hybridized carbons (Fsp3) is 0.292. The van der Waals surface area contributed by atoms with Crippen molar-refractivity contribution in [2.24, 2.45) is 0 Å². The minimum absolute atomic E-state index is 0.149. The zero-order chi connectivity index (χ0) is 22.9. The summed E-state index contributed by atoms with van der Waals surface area (Å²) in [4.78, 5) is 11.2. The summed E-state index contributed by atoms with van der Waals surface area (Å²) < 4.78 is 32.4. The van der Waals surface area contributed by atoms with Crippen LogP contribution >= 0.6 is 0 Å². The van der Waals surface area contributed by atoms with E-state index < -0.39 is 6.55 Å². The molecule has 0 aliphatic carbocycles. The average Bonchev–Trinajstić information content (AvgIpc) is 3.23. The zero-order valence-corrected chi connectivity index (χ0v) is 18.3. The molecule has 33 heavy (non-hydrogen) atoms. The highest BCUT2D eigenvalue weighted by Crippen LogP contribution is 2.28. The Morgan fingerprint density at radius 3 is 2.52 bits per heavy atom. The minimum Gasteiger partial charge on any atom is -0.372 e. The van der Waals surface area contributed by atoms with Crippen LogP contribution in [0.4, 0.5) is 26.1 Å². The van der Waals surface area contributed by atoms with Gasteiger partial charge in [0.25, 0.3) is 0 Å². The van der Waals surface area contributed by atoms with Crippen molar-refractivity contribution in [2.75, 3.05) is 23.3 Å². The number of anilines is 3. The summed E-state index contributed by atoms with van der Waals surface area (Å²) in [5.41, 5.74) is 3.23. The van der Waals surface area contributed by atoms with Crippen molar-refractivity contribution in [3.8, 4) is 11.1 Å². The zero-order valence-electron chi connectivity index (χ0n) is 18.3. The van der Waals surface area contributed by atoms with Gasteiger partial charge in [-0.05, 0) is 55.3 Å². The number of hydrogen-bond acceptors (Lipinski definition) is 6. The lowest BCUT2D eigenvalue weighted by molar-refractivity contribution is -0.00545. The lowest BCUT2D eigenvalue weighted by Crippen LogP contribution is -2.45. The molecule has 0 bridgehead atoms. The van der Waals surface area contributed by atoms with E-state index in [2.05, 4.69) is 39.1 Å². The summed E-state index contributed by atoms with van der Waals surface area (Å²) >= 11 is 0. The van der Waals surface area contributed by atoms with Crippen LogP contribution in [0, 0.1) is 0 Å². The number of nitrogens with zero attached hydrogens (tertiary/aromatic N) is 5. The van der Waals surface area contributed by atoms with Crippen LogP contribution in [0.15, 0.2) is 61.1 Å². The first-order chi connectivity index (χ1) is 15.9. The number of fused-ring (bicyclic) bond motifs is 1. The molecule has 1 aliphatic rings. The van der Waals surface area contributed by atoms with Crippen molar-refractivity contribution in [2.45, 2.75) is 32.6 Å². The fourth-order valence-electron chi connectivity index (χ4n) is 4.18. The molecule has 1 saturated heterocycles. The highest BCUT2D eigenvalue weighted by molar-refractivity contribution is 5.84. The highest BCUT2D eigenvalue weighted by Gasteiger charge is 2.23. The largest absolute Gasteiger partial charge is 0.372 e. The molecule has 1 aromatic carbocycles. The van der Waals surface area contributed by atoms with E-state index in [1.54, 1.807) is 18.5 Å². The summed E-state index contributed by atoms with van der Waals surface area (Å²) in [5, 5.41) is 7.91. The number of benzene rings is 1. The Labute approximate surface area is 190 Å². The normalized spacial score (nSPS) is 18.8. The van der Waals surface area contributed by atoms with E-state index in [-0.39, 0.29) is 12.2 Å². The second-order valence-corrected chi connectivity index (χ2v) is 8.28. The van der Waals surface area contributed by atoms with Gasteiger partial charge in [0.2, 0.25) is 0 Å². The fourth-order valence-corrected chi connectivity index (χ4v) is 4.18. The average molecular weight is 450 g/mol. The summed E-state index contributed by atoms with van der Waals surface area (Å²) in [6.45, 7) is 3.05. The van der Waals surface area contributed by atoms with Crippen molar-refractivity contribution in [3.05, 3.63) is 61.1 Å². The van der Waals surface area contributed by atoms with Gasteiger partial charge < -0.3 is 15.0 Å². The molecule has 0 unspecified atom stereocenters. The molecule has 0 radical (unpaired) electrons. The first-order valence-electron chi connectivity index (χ1n) is 10.8. The molecule has 1 N–H and O–H groups in total. The van der Waals surface area contributed by atoms with Crippen LogP contribution in [-0.4, -0.2) is 45.0 Å². The Hall–Kier alpha value is -3.59. The number of hydrogen-bond donors (Lipinski definition) is 1. The number of aromatic nitrogens is 4. The third-order valence-electron chi connectivity index (χ3n) is 5.58. The third kappa shape index (κ3) is 4.63. The highest BCUT2D eigenvalue weighted by atomic mass is 19.3. The van der Waals surface area contributed by atoms with Gasteiger partial charge in [0.15, 0.2) is 0 Å². The van der Waals surface area contributed by atoms with Crippen molar-refractivity contribution >= 4 is 28.2 Å². The van der Waals surface area contributed by atoms with Crippen LogP contribution in [0.5, 0.6) is 0 Å². The SMILES string of the molecule is C[C@@H]1CN(c2cc(Nc3cc(-c4ccc5nn(C(F)F)cc5c4)ccn3)ccn2)C[C@H](C)O1. The first-order valence-corrected chi connectivity index (χ1v) is 10.8. The predicted molar refractivity (Wildman–Crippen MR) is 124 cm³/mol. The monoisotopic (exact) mass is 450 g/mol. The maximum atomic E-state index is 12.9. The molecule has 9 heteroatoms. The molecule has 2 atom stereocenters. The van der Waals surface area contributed by atoms with Crippen molar-refractivity contribution < 1.29 is 13.5 Å². The van der Waals surface area contributed by atoms with Gasteiger partial charge >= 0.3 is 6.55 Å². The van der Waals surface area contributed by atoms with E-state index in [1.807, 2.05) is 36.4 Å². The molecule has 1 fully saturated rings. The Morgan fingerprint density at radius 2 is 1.73 bits per heavy atom. The number of nitrogens with one attached hydrogen (secondary N) is 1. The molecular weight excluding hydrogens is 426 g/mol. The standard InChI is InChI=1S/C24H24F2N6O/c1-15-12-31(13-16(2)33-15)23-11-20(6-8-28-23)29-22-10-18(5-7-27-22)17-3-4-21-19(9-17)14-32(30-21)24(25)26/h3-11,14-16,24H,12-13H2,1-2H3,(H,27,28,29)/t15-,16+. The maximum Gasteiger partial charge on any atom is 0.333 e. The Bertz CT molecular complexity index is 1270. The van der Waals surface area contributed by atoms with E-state index >= 15 is 0 Å². The molecule has 3 aromatic heterocycles.